The summed E-state index contributed by atoms with van der Waals surface area (Å²) in [5.74, 6) is 2.55. The Morgan fingerprint density at radius 3 is 2.79 bits per heavy atom. The highest BCUT2D eigenvalue weighted by atomic mass is 16.5. The third kappa shape index (κ3) is 3.41. The lowest BCUT2D eigenvalue weighted by Gasteiger charge is -2.32. The highest BCUT2D eigenvalue weighted by Gasteiger charge is 2.35. The van der Waals surface area contributed by atoms with Crippen LogP contribution in [0.3, 0.4) is 0 Å². The molecule has 4 rings (SSSR count). The van der Waals surface area contributed by atoms with Crippen molar-refractivity contribution in [2.45, 2.75) is 46.1 Å². The van der Waals surface area contributed by atoms with Gasteiger partial charge in [-0.3, -0.25) is 9.48 Å². The Balaban J connectivity index is 1.74. The Hall–Kier alpha value is -2.35. The van der Waals surface area contributed by atoms with E-state index in [1.807, 2.05) is 29.5 Å². The number of carbonyl (C=O) groups excluding carboxylic acids is 1. The molecular formula is C20H30N6O2. The van der Waals surface area contributed by atoms with Gasteiger partial charge in [0.25, 0.3) is 0 Å². The molecule has 8 nitrogen and oxygen atoms in total. The molecule has 1 unspecified atom stereocenters. The van der Waals surface area contributed by atoms with E-state index < -0.39 is 0 Å². The molecule has 0 spiro atoms. The quantitative estimate of drug-likeness (QED) is 0.853. The Morgan fingerprint density at radius 2 is 2.07 bits per heavy atom. The number of fused-ring (bicyclic) bond motifs is 1. The molecule has 2 aliphatic rings. The topological polar surface area (TPSA) is 77.2 Å². The minimum atomic E-state index is -0.0249. The van der Waals surface area contributed by atoms with Crippen LogP contribution in [0.1, 0.15) is 49.4 Å². The van der Waals surface area contributed by atoms with Crippen molar-refractivity contribution in [2.75, 3.05) is 36.5 Å². The van der Waals surface area contributed by atoms with Crippen LogP contribution in [0.2, 0.25) is 0 Å². The van der Waals surface area contributed by atoms with Crippen LogP contribution < -0.4 is 10.2 Å². The van der Waals surface area contributed by atoms with E-state index in [2.05, 4.69) is 29.2 Å². The van der Waals surface area contributed by atoms with Crippen molar-refractivity contribution in [2.24, 2.45) is 13.0 Å². The van der Waals surface area contributed by atoms with Crippen LogP contribution >= 0.6 is 0 Å². The molecule has 0 aromatic carbocycles. The average molecular weight is 387 g/mol. The summed E-state index contributed by atoms with van der Waals surface area (Å²) in [6.45, 7) is 10.4. The fraction of sp³-hybridized carbons (Fsp3) is 0.650. The minimum Gasteiger partial charge on any atom is -0.378 e. The van der Waals surface area contributed by atoms with Gasteiger partial charge in [0.05, 0.1) is 25.1 Å². The van der Waals surface area contributed by atoms with Gasteiger partial charge in [0.1, 0.15) is 11.6 Å². The predicted molar refractivity (Wildman–Crippen MR) is 108 cm³/mol. The molecule has 4 heterocycles. The van der Waals surface area contributed by atoms with E-state index in [1.165, 1.54) is 0 Å². The standard InChI is InChI=1S/C20H30N6O2/c1-13(2)5-6-26-19-16(12-21-26)15(11-17(27)22-19)18-14(3)23-24(4)20(18)25-7-9-28-10-8-25/h12-13,15H,5-11H2,1-4H3,(H,22,27). The second-order valence-electron chi connectivity index (χ2n) is 8.20. The summed E-state index contributed by atoms with van der Waals surface area (Å²) >= 11 is 0. The van der Waals surface area contributed by atoms with Crippen LogP contribution in [0.5, 0.6) is 0 Å². The summed E-state index contributed by atoms with van der Waals surface area (Å²) in [6.07, 6.45) is 3.38. The van der Waals surface area contributed by atoms with Crippen LogP contribution in [-0.4, -0.2) is 51.8 Å². The van der Waals surface area contributed by atoms with Crippen molar-refractivity contribution in [3.05, 3.63) is 23.0 Å². The van der Waals surface area contributed by atoms with Crippen molar-refractivity contribution in [3.8, 4) is 0 Å². The highest BCUT2D eigenvalue weighted by Crippen LogP contribution is 2.42. The molecule has 0 saturated carbocycles. The Morgan fingerprint density at radius 1 is 1.32 bits per heavy atom. The van der Waals surface area contributed by atoms with Crippen LogP contribution in [0, 0.1) is 12.8 Å². The lowest BCUT2D eigenvalue weighted by molar-refractivity contribution is -0.116. The number of aromatic nitrogens is 4. The number of hydrogen-bond acceptors (Lipinski definition) is 5. The van der Waals surface area contributed by atoms with Gasteiger partial charge in [-0.25, -0.2) is 4.68 Å². The molecule has 1 fully saturated rings. The summed E-state index contributed by atoms with van der Waals surface area (Å²) in [4.78, 5) is 14.9. The first-order chi connectivity index (χ1) is 13.5. The molecule has 1 N–H and O–H groups in total. The van der Waals surface area contributed by atoms with Crippen molar-refractivity contribution in [1.82, 2.24) is 19.6 Å². The Labute approximate surface area is 165 Å². The molecule has 28 heavy (non-hydrogen) atoms. The third-order valence-corrected chi connectivity index (χ3v) is 5.71. The Bertz CT molecular complexity index is 862. The second kappa shape index (κ2) is 7.58. The van der Waals surface area contributed by atoms with Gasteiger partial charge in [-0.2, -0.15) is 10.2 Å². The van der Waals surface area contributed by atoms with E-state index in [1.54, 1.807) is 0 Å². The monoisotopic (exact) mass is 386 g/mol. The van der Waals surface area contributed by atoms with Gasteiger partial charge in [-0.1, -0.05) is 13.8 Å². The first-order valence-electron chi connectivity index (χ1n) is 10.2. The number of morpholine rings is 1. The van der Waals surface area contributed by atoms with Gasteiger partial charge in [0.2, 0.25) is 5.91 Å². The van der Waals surface area contributed by atoms with Gasteiger partial charge in [-0.05, 0) is 19.3 Å². The summed E-state index contributed by atoms with van der Waals surface area (Å²) in [5.41, 5.74) is 3.21. The summed E-state index contributed by atoms with van der Waals surface area (Å²) in [5, 5.41) is 12.4. The summed E-state index contributed by atoms with van der Waals surface area (Å²) < 4.78 is 9.42. The van der Waals surface area contributed by atoms with Gasteiger partial charge >= 0.3 is 0 Å². The number of hydrogen-bond donors (Lipinski definition) is 1. The number of carbonyl (C=O) groups is 1. The number of rotatable bonds is 5. The molecule has 0 aliphatic carbocycles. The van der Waals surface area contributed by atoms with Gasteiger partial charge < -0.3 is 15.0 Å². The summed E-state index contributed by atoms with van der Waals surface area (Å²) in [6, 6.07) is 0. The van der Waals surface area contributed by atoms with Crippen molar-refractivity contribution in [3.63, 3.8) is 0 Å². The number of aryl methyl sites for hydroxylation is 3. The predicted octanol–water partition coefficient (Wildman–Crippen LogP) is 2.28. The van der Waals surface area contributed by atoms with E-state index in [9.17, 15) is 4.79 Å². The van der Waals surface area contributed by atoms with Crippen LogP contribution in [0.15, 0.2) is 6.20 Å². The lowest BCUT2D eigenvalue weighted by Crippen LogP contribution is -2.38. The van der Waals surface area contributed by atoms with E-state index in [-0.39, 0.29) is 11.8 Å². The average Bonchev–Trinajstić information content (AvgIpc) is 3.19. The SMILES string of the molecule is Cc1nn(C)c(N2CCOCC2)c1C1CC(=O)Nc2c1cnn2CCC(C)C. The number of nitrogens with one attached hydrogen (secondary N) is 1. The maximum absolute atomic E-state index is 12.6. The summed E-state index contributed by atoms with van der Waals surface area (Å²) in [7, 11) is 1.98. The first-order valence-corrected chi connectivity index (χ1v) is 10.2. The van der Waals surface area contributed by atoms with Gasteiger partial charge in [-0.15, -0.1) is 0 Å². The molecule has 8 heteroatoms. The van der Waals surface area contributed by atoms with Gasteiger partial charge in [0.15, 0.2) is 0 Å². The molecule has 2 aliphatic heterocycles. The number of anilines is 2. The smallest absolute Gasteiger partial charge is 0.226 e. The van der Waals surface area contributed by atoms with E-state index >= 15 is 0 Å². The molecule has 2 aromatic rings. The maximum Gasteiger partial charge on any atom is 0.226 e. The molecule has 0 bridgehead atoms. The Kier molecular flexibility index (Phi) is 5.14. The molecule has 152 valence electrons. The highest BCUT2D eigenvalue weighted by molar-refractivity contribution is 5.94. The number of ether oxygens (including phenoxy) is 1. The minimum absolute atomic E-state index is 0.0249. The fourth-order valence-corrected chi connectivity index (χ4v) is 4.30. The van der Waals surface area contributed by atoms with Crippen molar-refractivity contribution >= 4 is 17.5 Å². The zero-order valence-corrected chi connectivity index (χ0v) is 17.2. The first kappa shape index (κ1) is 19.0. The van der Waals surface area contributed by atoms with Crippen molar-refractivity contribution < 1.29 is 9.53 Å². The fourth-order valence-electron chi connectivity index (χ4n) is 4.30. The number of nitrogens with zero attached hydrogens (tertiary/aromatic N) is 5. The maximum atomic E-state index is 12.6. The zero-order chi connectivity index (χ0) is 19.8. The lowest BCUT2D eigenvalue weighted by atomic mass is 9.86. The molecule has 1 atom stereocenters. The van der Waals surface area contributed by atoms with E-state index in [4.69, 9.17) is 9.84 Å². The molecular weight excluding hydrogens is 356 g/mol. The van der Waals surface area contributed by atoms with E-state index in [0.29, 0.717) is 25.6 Å². The normalized spacial score (nSPS) is 19.8. The van der Waals surface area contributed by atoms with Gasteiger partial charge in [0, 0.05) is 50.1 Å². The molecule has 0 radical (unpaired) electrons. The van der Waals surface area contributed by atoms with Crippen LogP contribution in [-0.2, 0) is 23.1 Å². The zero-order valence-electron chi connectivity index (χ0n) is 17.2. The molecule has 1 saturated heterocycles. The largest absolute Gasteiger partial charge is 0.378 e. The van der Waals surface area contributed by atoms with Crippen molar-refractivity contribution in [1.29, 1.82) is 0 Å². The number of amides is 1. The second-order valence-corrected chi connectivity index (χ2v) is 8.20. The van der Waals surface area contributed by atoms with Crippen LogP contribution in [0.25, 0.3) is 0 Å². The van der Waals surface area contributed by atoms with E-state index in [0.717, 1.165) is 54.5 Å². The molecule has 1 amide bonds. The van der Waals surface area contributed by atoms with Crippen LogP contribution in [0.4, 0.5) is 11.6 Å². The third-order valence-electron chi connectivity index (χ3n) is 5.71. The molecule has 2 aromatic heterocycles.